The van der Waals surface area contributed by atoms with Crippen LogP contribution in [0.25, 0.3) is 6.08 Å². The lowest BCUT2D eigenvalue weighted by Gasteiger charge is -1.98. The Morgan fingerprint density at radius 1 is 1.23 bits per heavy atom. The number of nitrogens with zero attached hydrogens (tertiary/aromatic N) is 1. The molecule has 1 fully saturated rings. The van der Waals surface area contributed by atoms with Gasteiger partial charge in [0.05, 0.1) is 20.6 Å². The molecule has 1 aliphatic rings. The fourth-order valence-corrected chi connectivity index (χ4v) is 3.85. The highest BCUT2D eigenvalue weighted by Gasteiger charge is 2.24. The fraction of sp³-hybridized carbons (Fsp3) is 0.0667. The van der Waals surface area contributed by atoms with E-state index in [-0.39, 0.29) is 5.91 Å². The van der Waals surface area contributed by atoms with Gasteiger partial charge >= 0.3 is 0 Å². The Morgan fingerprint density at radius 2 is 2.05 bits per heavy atom. The number of thiophene rings is 1. The second-order valence-electron chi connectivity index (χ2n) is 4.55. The van der Waals surface area contributed by atoms with Crippen LogP contribution in [0.2, 0.25) is 10.0 Å². The lowest BCUT2D eigenvalue weighted by molar-refractivity contribution is -0.115. The standard InChI is InChI=1S/C15H10Cl2N2OS2/c1-8-4-5-21-12(8)7-13-14(20)19-15(22-13)18-9-2-3-10(16)11(17)6-9/h2-7H,1H3,(H,18,19,20)/b13-7-. The molecular formula is C15H10Cl2N2OS2. The Bertz CT molecular complexity index is 812. The molecule has 0 bridgehead atoms. The van der Waals surface area contributed by atoms with Crippen LogP contribution in [-0.2, 0) is 4.79 Å². The van der Waals surface area contributed by atoms with Crippen LogP contribution < -0.4 is 5.32 Å². The van der Waals surface area contributed by atoms with Gasteiger partial charge in [0.25, 0.3) is 5.91 Å². The third-order valence-corrected chi connectivity index (χ3v) is 5.56. The van der Waals surface area contributed by atoms with Crippen molar-refractivity contribution in [3.05, 3.63) is 55.0 Å². The molecule has 22 heavy (non-hydrogen) atoms. The quantitative estimate of drug-likeness (QED) is 0.734. The van der Waals surface area contributed by atoms with Crippen molar-refractivity contribution in [1.82, 2.24) is 5.32 Å². The summed E-state index contributed by atoms with van der Waals surface area (Å²) in [5.41, 5.74) is 1.80. The van der Waals surface area contributed by atoms with Gasteiger partial charge in [0.2, 0.25) is 0 Å². The Morgan fingerprint density at radius 3 is 2.73 bits per heavy atom. The van der Waals surface area contributed by atoms with Gasteiger partial charge < -0.3 is 5.32 Å². The van der Waals surface area contributed by atoms with Gasteiger partial charge in [-0.2, -0.15) is 0 Å². The number of rotatable bonds is 2. The van der Waals surface area contributed by atoms with E-state index < -0.39 is 0 Å². The average molecular weight is 369 g/mol. The van der Waals surface area contributed by atoms with E-state index in [0.717, 1.165) is 10.4 Å². The van der Waals surface area contributed by atoms with Gasteiger partial charge in [-0.25, -0.2) is 4.99 Å². The number of carbonyl (C=O) groups excluding carboxylic acids is 1. The van der Waals surface area contributed by atoms with Gasteiger partial charge in [0.1, 0.15) is 0 Å². The molecule has 0 atom stereocenters. The molecule has 0 radical (unpaired) electrons. The summed E-state index contributed by atoms with van der Waals surface area (Å²) in [4.78, 5) is 18.1. The molecule has 0 aliphatic carbocycles. The molecule has 1 N–H and O–H groups in total. The van der Waals surface area contributed by atoms with Gasteiger partial charge in [-0.05, 0) is 60.0 Å². The second-order valence-corrected chi connectivity index (χ2v) is 7.34. The first-order valence-electron chi connectivity index (χ1n) is 6.31. The summed E-state index contributed by atoms with van der Waals surface area (Å²) in [6, 6.07) is 7.11. The molecule has 2 aromatic rings. The number of amidine groups is 1. The average Bonchev–Trinajstić information content (AvgIpc) is 3.02. The summed E-state index contributed by atoms with van der Waals surface area (Å²) >= 11 is 14.8. The predicted octanol–water partition coefficient (Wildman–Crippen LogP) is 5.25. The van der Waals surface area contributed by atoms with Crippen LogP contribution in [0.3, 0.4) is 0 Å². The lowest BCUT2D eigenvalue weighted by Crippen LogP contribution is -2.19. The smallest absolute Gasteiger partial charge is 0.264 e. The third kappa shape index (κ3) is 3.38. The molecule has 3 nitrogen and oxygen atoms in total. The Balaban J connectivity index is 1.85. The number of amides is 1. The second kappa shape index (κ2) is 6.46. The van der Waals surface area contributed by atoms with E-state index in [9.17, 15) is 4.79 Å². The summed E-state index contributed by atoms with van der Waals surface area (Å²) in [6.07, 6.45) is 1.89. The zero-order valence-corrected chi connectivity index (χ0v) is 14.5. The molecule has 2 heterocycles. The number of thioether (sulfide) groups is 1. The van der Waals surface area contributed by atoms with E-state index in [2.05, 4.69) is 10.3 Å². The van der Waals surface area contributed by atoms with E-state index in [0.29, 0.717) is 25.8 Å². The molecule has 7 heteroatoms. The van der Waals surface area contributed by atoms with Gasteiger partial charge in [0.15, 0.2) is 5.17 Å². The molecule has 1 aromatic heterocycles. The van der Waals surface area contributed by atoms with Gasteiger partial charge in [-0.1, -0.05) is 23.2 Å². The van der Waals surface area contributed by atoms with Crippen LogP contribution in [0, 0.1) is 6.92 Å². The van der Waals surface area contributed by atoms with Gasteiger partial charge in [0, 0.05) is 4.88 Å². The molecule has 1 amide bonds. The SMILES string of the molecule is Cc1ccsc1/C=C1\SC(=Nc2ccc(Cl)c(Cl)c2)NC1=O. The molecule has 1 aromatic carbocycles. The first-order valence-corrected chi connectivity index (χ1v) is 8.77. The van der Waals surface area contributed by atoms with E-state index in [4.69, 9.17) is 23.2 Å². The van der Waals surface area contributed by atoms with Crippen molar-refractivity contribution >= 4 is 69.1 Å². The topological polar surface area (TPSA) is 41.5 Å². The number of halogens is 2. The summed E-state index contributed by atoms with van der Waals surface area (Å²) in [5, 5.41) is 6.20. The maximum atomic E-state index is 12.0. The minimum atomic E-state index is -0.142. The van der Waals surface area contributed by atoms with Crippen molar-refractivity contribution < 1.29 is 4.79 Å². The van der Waals surface area contributed by atoms with Crippen LogP contribution in [0.4, 0.5) is 5.69 Å². The Labute approximate surface area is 146 Å². The minimum absolute atomic E-state index is 0.142. The zero-order chi connectivity index (χ0) is 15.7. The summed E-state index contributed by atoms with van der Waals surface area (Å²) in [5.74, 6) is -0.142. The Kier molecular flexibility index (Phi) is 4.59. The fourth-order valence-electron chi connectivity index (χ4n) is 1.80. The molecule has 0 spiro atoms. The maximum Gasteiger partial charge on any atom is 0.264 e. The lowest BCUT2D eigenvalue weighted by atomic mass is 10.3. The van der Waals surface area contributed by atoms with Crippen molar-refractivity contribution in [2.75, 3.05) is 0 Å². The minimum Gasteiger partial charge on any atom is -0.300 e. The summed E-state index contributed by atoms with van der Waals surface area (Å²) in [6.45, 7) is 2.02. The summed E-state index contributed by atoms with van der Waals surface area (Å²) < 4.78 is 0. The number of benzene rings is 1. The number of hydrogen-bond donors (Lipinski definition) is 1. The summed E-state index contributed by atoms with van der Waals surface area (Å²) in [7, 11) is 0. The van der Waals surface area contributed by atoms with E-state index >= 15 is 0 Å². The highest BCUT2D eigenvalue weighted by molar-refractivity contribution is 8.18. The van der Waals surface area contributed by atoms with Crippen molar-refractivity contribution in [1.29, 1.82) is 0 Å². The highest BCUT2D eigenvalue weighted by Crippen LogP contribution is 2.32. The molecule has 0 saturated carbocycles. The predicted molar refractivity (Wildman–Crippen MR) is 96.3 cm³/mol. The Hall–Kier alpha value is -1.27. The van der Waals surface area contributed by atoms with E-state index in [1.165, 1.54) is 11.8 Å². The molecule has 0 unspecified atom stereocenters. The van der Waals surface area contributed by atoms with Gasteiger partial charge in [-0.3, -0.25) is 4.79 Å². The monoisotopic (exact) mass is 368 g/mol. The third-order valence-electron chi connectivity index (χ3n) is 2.95. The van der Waals surface area contributed by atoms with Crippen molar-refractivity contribution in [3.63, 3.8) is 0 Å². The van der Waals surface area contributed by atoms with Crippen LogP contribution in [0.1, 0.15) is 10.4 Å². The zero-order valence-electron chi connectivity index (χ0n) is 11.4. The molecular weight excluding hydrogens is 359 g/mol. The number of hydrogen-bond acceptors (Lipinski definition) is 4. The first-order chi connectivity index (χ1) is 10.5. The molecule has 1 aliphatic heterocycles. The van der Waals surface area contributed by atoms with E-state index in [1.54, 1.807) is 29.5 Å². The van der Waals surface area contributed by atoms with Crippen LogP contribution in [0.15, 0.2) is 39.5 Å². The van der Waals surface area contributed by atoms with Crippen molar-refractivity contribution in [3.8, 4) is 0 Å². The highest BCUT2D eigenvalue weighted by atomic mass is 35.5. The molecule has 112 valence electrons. The van der Waals surface area contributed by atoms with Gasteiger partial charge in [-0.15, -0.1) is 11.3 Å². The van der Waals surface area contributed by atoms with Crippen LogP contribution in [-0.4, -0.2) is 11.1 Å². The number of carbonyl (C=O) groups is 1. The maximum absolute atomic E-state index is 12.0. The van der Waals surface area contributed by atoms with E-state index in [1.807, 2.05) is 24.4 Å². The first kappa shape index (κ1) is 15.6. The van der Waals surface area contributed by atoms with Crippen LogP contribution >= 0.6 is 46.3 Å². The van der Waals surface area contributed by atoms with Crippen molar-refractivity contribution in [2.24, 2.45) is 4.99 Å². The number of nitrogens with one attached hydrogen (secondary N) is 1. The normalized spacial score (nSPS) is 18.2. The van der Waals surface area contributed by atoms with Crippen molar-refractivity contribution in [2.45, 2.75) is 6.92 Å². The number of aryl methyl sites for hydroxylation is 1. The number of aliphatic imine (C=N–C) groups is 1. The molecule has 1 saturated heterocycles. The van der Waals surface area contributed by atoms with Crippen LogP contribution in [0.5, 0.6) is 0 Å². The molecule has 3 rings (SSSR count). The largest absolute Gasteiger partial charge is 0.300 e.